The van der Waals surface area contributed by atoms with Crippen molar-refractivity contribution in [1.29, 1.82) is 0 Å². The van der Waals surface area contributed by atoms with Gasteiger partial charge in [-0.3, -0.25) is 0 Å². The molecule has 0 spiro atoms. The number of aliphatic carboxylic acids is 3. The second kappa shape index (κ2) is 6.20. The summed E-state index contributed by atoms with van der Waals surface area (Å²) < 4.78 is 0. The van der Waals surface area contributed by atoms with Gasteiger partial charge in [-0.25, -0.2) is 0 Å². The van der Waals surface area contributed by atoms with E-state index in [-0.39, 0.29) is 38.6 Å². The maximum Gasteiger partial charge on any atom is 3.00 e. The van der Waals surface area contributed by atoms with Crippen LogP contribution in [-0.4, -0.2) is 28.6 Å². The normalized spacial score (nSPS) is 10.1. The maximum atomic E-state index is 10.1. The molecule has 0 aliphatic heterocycles. The molecule has 0 aromatic rings. The second-order valence-electron chi connectivity index (χ2n) is 2.42. The van der Waals surface area contributed by atoms with Gasteiger partial charge >= 0.3 is 38.6 Å². The van der Waals surface area contributed by atoms with E-state index in [0.29, 0.717) is 0 Å². The largest absolute Gasteiger partial charge is 3.00 e. The topological polar surface area (TPSA) is 141 Å². The molecule has 0 aromatic heterocycles. The molecule has 7 nitrogen and oxygen atoms in total. The van der Waals surface area contributed by atoms with Crippen LogP contribution >= 0.6 is 0 Å². The zero-order valence-corrected chi connectivity index (χ0v) is 8.78. The Hall–Kier alpha value is -0.344. The van der Waals surface area contributed by atoms with E-state index in [2.05, 4.69) is 0 Å². The van der Waals surface area contributed by atoms with Gasteiger partial charge < -0.3 is 34.8 Å². The summed E-state index contributed by atoms with van der Waals surface area (Å²) in [6.07, 6.45) is -2.72. The number of hydrogen-bond acceptors (Lipinski definition) is 7. The number of carboxylic acids is 3. The summed E-state index contributed by atoms with van der Waals surface area (Å²) in [5.41, 5.74) is -2.97. The SMILES string of the molecule is O=C([O-])CC(O)(CC(=O)[O-])C(=O)[O-].[Tb+3]. The van der Waals surface area contributed by atoms with Crippen molar-refractivity contribution in [1.82, 2.24) is 0 Å². The van der Waals surface area contributed by atoms with Gasteiger partial charge in [0.25, 0.3) is 0 Å². The van der Waals surface area contributed by atoms with E-state index in [9.17, 15) is 29.7 Å². The molecule has 14 heavy (non-hydrogen) atoms. The molecule has 1 N–H and O–H groups in total. The fraction of sp³-hybridized carbons (Fsp3) is 0.500. The summed E-state index contributed by atoms with van der Waals surface area (Å²) in [6.45, 7) is 0. The summed E-state index contributed by atoms with van der Waals surface area (Å²) in [5.74, 6) is -5.98. The quantitative estimate of drug-likeness (QED) is 0.523. The van der Waals surface area contributed by atoms with Crippen molar-refractivity contribution in [2.75, 3.05) is 0 Å². The van der Waals surface area contributed by atoms with Crippen LogP contribution in [-0.2, 0) is 14.4 Å². The van der Waals surface area contributed by atoms with Gasteiger partial charge in [0.1, 0.15) is 5.60 Å². The number of carboxylic acid groups (broad SMARTS) is 3. The third-order valence-corrected chi connectivity index (χ3v) is 1.25. The van der Waals surface area contributed by atoms with E-state index in [0.717, 1.165) is 0 Å². The van der Waals surface area contributed by atoms with Crippen LogP contribution in [0, 0.1) is 38.6 Å². The number of rotatable bonds is 5. The summed E-state index contributed by atoms with van der Waals surface area (Å²) in [6, 6.07) is 0. The number of aliphatic hydroxyl groups is 1. The molecule has 0 fully saturated rings. The summed E-state index contributed by atoms with van der Waals surface area (Å²) in [4.78, 5) is 30.0. The van der Waals surface area contributed by atoms with Crippen LogP contribution in [0.4, 0.5) is 0 Å². The Morgan fingerprint density at radius 3 is 1.43 bits per heavy atom. The van der Waals surface area contributed by atoms with Crippen LogP contribution in [0.2, 0.25) is 0 Å². The van der Waals surface area contributed by atoms with E-state index in [4.69, 9.17) is 5.11 Å². The fourth-order valence-corrected chi connectivity index (χ4v) is 0.684. The van der Waals surface area contributed by atoms with Crippen molar-refractivity contribution in [2.45, 2.75) is 18.4 Å². The second-order valence-corrected chi connectivity index (χ2v) is 2.42. The van der Waals surface area contributed by atoms with Gasteiger partial charge in [-0.05, 0) is 0 Å². The van der Waals surface area contributed by atoms with Crippen molar-refractivity contribution in [3.63, 3.8) is 0 Å². The molecule has 0 unspecified atom stereocenters. The van der Waals surface area contributed by atoms with E-state index in [1.165, 1.54) is 0 Å². The zero-order valence-electron chi connectivity index (χ0n) is 6.64. The van der Waals surface area contributed by atoms with E-state index in [1.807, 2.05) is 0 Å². The molecule has 80 valence electrons. The molecule has 0 saturated carbocycles. The van der Waals surface area contributed by atoms with Crippen molar-refractivity contribution in [3.05, 3.63) is 0 Å². The smallest absolute Gasteiger partial charge is 0.550 e. The molecule has 0 aromatic carbocycles. The molecular weight excluding hydrogens is 343 g/mol. The van der Waals surface area contributed by atoms with Gasteiger partial charge in [0.05, 0.1) is 5.97 Å². The van der Waals surface area contributed by atoms with Gasteiger partial charge in [-0.2, -0.15) is 0 Å². The maximum absolute atomic E-state index is 10.1. The first-order valence-electron chi connectivity index (χ1n) is 3.11. The molecule has 0 atom stereocenters. The molecular formula is C6H5O7Tb. The van der Waals surface area contributed by atoms with Crippen LogP contribution in [0.15, 0.2) is 0 Å². The predicted molar refractivity (Wildman–Crippen MR) is 29.2 cm³/mol. The predicted octanol–water partition coefficient (Wildman–Crippen LogP) is -5.25. The number of hydrogen-bond donors (Lipinski definition) is 1. The average Bonchev–Trinajstić information content (AvgIpc) is 1.82. The van der Waals surface area contributed by atoms with E-state index < -0.39 is 36.4 Å². The Morgan fingerprint density at radius 2 is 1.29 bits per heavy atom. The van der Waals surface area contributed by atoms with Crippen molar-refractivity contribution in [2.24, 2.45) is 0 Å². The molecule has 0 rings (SSSR count). The first-order chi connectivity index (χ1) is 5.78. The minimum Gasteiger partial charge on any atom is -0.550 e. The molecule has 0 saturated heterocycles. The molecule has 0 aliphatic carbocycles. The minimum absolute atomic E-state index is 0. The molecule has 0 radical (unpaired) electrons. The average molecular weight is 348 g/mol. The van der Waals surface area contributed by atoms with Gasteiger partial charge in [0.2, 0.25) is 0 Å². The van der Waals surface area contributed by atoms with Gasteiger partial charge in [-0.1, -0.05) is 0 Å². The fourth-order valence-electron chi connectivity index (χ4n) is 0.684. The Bertz CT molecular complexity index is 233. The van der Waals surface area contributed by atoms with Crippen LogP contribution < -0.4 is 15.3 Å². The summed E-state index contributed by atoms with van der Waals surface area (Å²) in [7, 11) is 0. The Balaban J connectivity index is 0. The third kappa shape index (κ3) is 5.40. The monoisotopic (exact) mass is 348 g/mol. The standard InChI is InChI=1S/C6H8O7.Tb/c7-3(8)1-6(13,5(11)12)2-4(9)10;/h13H,1-2H2,(H,7,8)(H,9,10)(H,11,12);/q;+3/p-3. The number of carbonyl (C=O) groups excluding carboxylic acids is 3. The van der Waals surface area contributed by atoms with Gasteiger partial charge in [0.15, 0.2) is 0 Å². The summed E-state index contributed by atoms with van der Waals surface area (Å²) >= 11 is 0. The minimum atomic E-state index is -2.97. The molecule has 0 amide bonds. The molecule has 0 heterocycles. The van der Waals surface area contributed by atoms with Crippen molar-refractivity contribution >= 4 is 17.9 Å². The Kier molecular flexibility index (Phi) is 7.13. The molecule has 8 heteroatoms. The first-order valence-corrected chi connectivity index (χ1v) is 3.11. The molecule has 0 bridgehead atoms. The van der Waals surface area contributed by atoms with Crippen LogP contribution in [0.5, 0.6) is 0 Å². The Morgan fingerprint density at radius 1 is 1.00 bits per heavy atom. The Labute approximate surface area is 109 Å². The van der Waals surface area contributed by atoms with Crippen molar-refractivity contribution < 1.29 is 73.4 Å². The zero-order chi connectivity index (χ0) is 10.6. The third-order valence-electron chi connectivity index (χ3n) is 1.25. The molecule has 0 aliphatic rings. The van der Waals surface area contributed by atoms with Crippen molar-refractivity contribution in [3.8, 4) is 0 Å². The van der Waals surface area contributed by atoms with Gasteiger partial charge in [0, 0.05) is 24.8 Å². The summed E-state index contributed by atoms with van der Waals surface area (Å²) in [5, 5.41) is 38.9. The van der Waals surface area contributed by atoms with Crippen LogP contribution in [0.3, 0.4) is 0 Å². The van der Waals surface area contributed by atoms with Gasteiger partial charge in [-0.15, -0.1) is 0 Å². The van der Waals surface area contributed by atoms with E-state index >= 15 is 0 Å². The van der Waals surface area contributed by atoms with E-state index in [1.54, 1.807) is 0 Å². The first kappa shape index (κ1) is 16.1. The number of carbonyl (C=O) groups is 3. The van der Waals surface area contributed by atoms with Crippen LogP contribution in [0.25, 0.3) is 0 Å². The van der Waals surface area contributed by atoms with Crippen LogP contribution in [0.1, 0.15) is 12.8 Å².